The molecule has 20 heavy (non-hydrogen) atoms. The van der Waals surface area contributed by atoms with Crippen molar-refractivity contribution in [3.8, 4) is 0 Å². The first-order valence-electron chi connectivity index (χ1n) is 6.52. The molecule has 0 amide bonds. The predicted octanol–water partition coefficient (Wildman–Crippen LogP) is 1.68. The average Bonchev–Trinajstić information content (AvgIpc) is 2.90. The van der Waals surface area contributed by atoms with Crippen LogP contribution in [0.25, 0.3) is 0 Å². The molecule has 0 spiro atoms. The van der Waals surface area contributed by atoms with Gasteiger partial charge in [0.2, 0.25) is 5.95 Å². The van der Waals surface area contributed by atoms with Crippen molar-refractivity contribution in [3.05, 3.63) is 48.3 Å². The standard InChI is InChI=1S/C14H15FN4O/c15-12-6-17-14(18-7-12)19-13-9-20-8-11(13)5-10-1-3-16-4-2-10/h1-4,6-7,11,13H,5,8-9H2,(H,17,18,19)/t11-,13+/m1/s1. The van der Waals surface area contributed by atoms with Gasteiger partial charge in [-0.1, -0.05) is 0 Å². The number of anilines is 1. The molecule has 2 atom stereocenters. The first-order valence-corrected chi connectivity index (χ1v) is 6.52. The maximum Gasteiger partial charge on any atom is 0.223 e. The number of halogens is 1. The van der Waals surface area contributed by atoms with Crippen molar-refractivity contribution in [2.24, 2.45) is 5.92 Å². The molecule has 1 aliphatic heterocycles. The second-order valence-corrected chi connectivity index (χ2v) is 4.83. The van der Waals surface area contributed by atoms with Crippen LogP contribution in [-0.4, -0.2) is 34.2 Å². The summed E-state index contributed by atoms with van der Waals surface area (Å²) in [6.45, 7) is 1.30. The lowest BCUT2D eigenvalue weighted by Crippen LogP contribution is -2.30. The predicted molar refractivity (Wildman–Crippen MR) is 71.7 cm³/mol. The van der Waals surface area contributed by atoms with Crippen LogP contribution in [0.5, 0.6) is 0 Å². The van der Waals surface area contributed by atoms with Crippen LogP contribution in [0.1, 0.15) is 5.56 Å². The van der Waals surface area contributed by atoms with Gasteiger partial charge in [-0.05, 0) is 24.1 Å². The fourth-order valence-corrected chi connectivity index (χ4v) is 2.33. The number of ether oxygens (including phenoxy) is 1. The van der Waals surface area contributed by atoms with E-state index in [0.717, 1.165) is 18.8 Å². The summed E-state index contributed by atoms with van der Waals surface area (Å²) >= 11 is 0. The molecular formula is C14H15FN4O. The van der Waals surface area contributed by atoms with Crippen LogP contribution in [-0.2, 0) is 11.2 Å². The highest BCUT2D eigenvalue weighted by Crippen LogP contribution is 2.21. The van der Waals surface area contributed by atoms with E-state index in [-0.39, 0.29) is 6.04 Å². The summed E-state index contributed by atoms with van der Waals surface area (Å²) in [6.07, 6.45) is 6.79. The third-order valence-electron chi connectivity index (χ3n) is 3.38. The zero-order valence-corrected chi connectivity index (χ0v) is 10.9. The van der Waals surface area contributed by atoms with Gasteiger partial charge in [0.25, 0.3) is 0 Å². The van der Waals surface area contributed by atoms with Gasteiger partial charge in [-0.3, -0.25) is 4.98 Å². The molecule has 0 aromatic carbocycles. The van der Waals surface area contributed by atoms with Gasteiger partial charge in [-0.15, -0.1) is 0 Å². The Morgan fingerprint density at radius 3 is 2.70 bits per heavy atom. The Bertz CT molecular complexity index is 549. The Morgan fingerprint density at radius 1 is 1.20 bits per heavy atom. The molecule has 0 saturated carbocycles. The number of pyridine rings is 1. The zero-order valence-electron chi connectivity index (χ0n) is 10.9. The highest BCUT2D eigenvalue weighted by Gasteiger charge is 2.28. The molecule has 2 aromatic heterocycles. The Kier molecular flexibility index (Phi) is 3.83. The van der Waals surface area contributed by atoms with Crippen molar-refractivity contribution >= 4 is 5.95 Å². The molecule has 3 rings (SSSR count). The SMILES string of the molecule is Fc1cnc(N[C@H]2COC[C@H]2Cc2ccncc2)nc1. The van der Waals surface area contributed by atoms with Crippen molar-refractivity contribution < 1.29 is 9.13 Å². The van der Waals surface area contributed by atoms with E-state index in [0.29, 0.717) is 25.1 Å². The largest absolute Gasteiger partial charge is 0.379 e. The minimum absolute atomic E-state index is 0.133. The summed E-state index contributed by atoms with van der Waals surface area (Å²) in [5.41, 5.74) is 1.22. The molecule has 0 unspecified atom stereocenters. The lowest BCUT2D eigenvalue weighted by molar-refractivity contribution is 0.185. The van der Waals surface area contributed by atoms with Crippen LogP contribution in [0.4, 0.5) is 10.3 Å². The molecule has 1 fully saturated rings. The second kappa shape index (κ2) is 5.92. The number of hydrogen-bond acceptors (Lipinski definition) is 5. The normalized spacial score (nSPS) is 21.9. The Balaban J connectivity index is 1.65. The summed E-state index contributed by atoms with van der Waals surface area (Å²) in [5.74, 6) is 0.333. The summed E-state index contributed by atoms with van der Waals surface area (Å²) < 4.78 is 18.3. The van der Waals surface area contributed by atoms with Crippen molar-refractivity contribution in [3.63, 3.8) is 0 Å². The summed E-state index contributed by atoms with van der Waals surface area (Å²) in [7, 11) is 0. The van der Waals surface area contributed by atoms with Crippen LogP contribution in [0.3, 0.4) is 0 Å². The van der Waals surface area contributed by atoms with Crippen LogP contribution >= 0.6 is 0 Å². The van der Waals surface area contributed by atoms with E-state index in [1.54, 1.807) is 12.4 Å². The molecule has 2 aromatic rings. The van der Waals surface area contributed by atoms with E-state index in [1.165, 1.54) is 5.56 Å². The third-order valence-corrected chi connectivity index (χ3v) is 3.38. The van der Waals surface area contributed by atoms with Gasteiger partial charge in [0.15, 0.2) is 5.82 Å². The van der Waals surface area contributed by atoms with E-state index in [1.807, 2.05) is 12.1 Å². The highest BCUT2D eigenvalue weighted by molar-refractivity contribution is 5.26. The molecule has 3 heterocycles. The van der Waals surface area contributed by atoms with E-state index in [9.17, 15) is 4.39 Å². The van der Waals surface area contributed by atoms with Crippen LogP contribution in [0.15, 0.2) is 36.9 Å². The number of hydrogen-bond donors (Lipinski definition) is 1. The molecule has 104 valence electrons. The van der Waals surface area contributed by atoms with Crippen molar-refractivity contribution in [1.29, 1.82) is 0 Å². The molecule has 0 bridgehead atoms. The molecule has 0 radical (unpaired) electrons. The van der Waals surface area contributed by atoms with E-state index < -0.39 is 5.82 Å². The smallest absolute Gasteiger partial charge is 0.223 e. The van der Waals surface area contributed by atoms with Crippen molar-refractivity contribution in [2.45, 2.75) is 12.5 Å². The summed E-state index contributed by atoms with van der Waals surface area (Å²) in [5, 5.41) is 3.21. The van der Waals surface area contributed by atoms with Gasteiger partial charge in [-0.2, -0.15) is 0 Å². The Hall–Kier alpha value is -2.08. The van der Waals surface area contributed by atoms with Gasteiger partial charge in [-0.25, -0.2) is 14.4 Å². The molecule has 5 nitrogen and oxygen atoms in total. The minimum Gasteiger partial charge on any atom is -0.379 e. The molecule has 1 aliphatic rings. The van der Waals surface area contributed by atoms with E-state index in [2.05, 4.69) is 20.3 Å². The van der Waals surface area contributed by atoms with Gasteiger partial charge in [0.1, 0.15) is 0 Å². The quantitative estimate of drug-likeness (QED) is 0.919. The molecule has 6 heteroatoms. The van der Waals surface area contributed by atoms with E-state index in [4.69, 9.17) is 4.74 Å². The number of nitrogens with one attached hydrogen (secondary N) is 1. The fourth-order valence-electron chi connectivity index (χ4n) is 2.33. The first kappa shape index (κ1) is 12.9. The van der Waals surface area contributed by atoms with Gasteiger partial charge in [0.05, 0.1) is 31.6 Å². The minimum atomic E-state index is -0.438. The Morgan fingerprint density at radius 2 is 1.95 bits per heavy atom. The van der Waals surface area contributed by atoms with Gasteiger partial charge in [0, 0.05) is 18.3 Å². The summed E-state index contributed by atoms with van der Waals surface area (Å²) in [4.78, 5) is 11.9. The molecule has 1 saturated heterocycles. The molecular weight excluding hydrogens is 259 g/mol. The number of rotatable bonds is 4. The number of aromatic nitrogens is 3. The topological polar surface area (TPSA) is 59.9 Å². The molecule has 0 aliphatic carbocycles. The second-order valence-electron chi connectivity index (χ2n) is 4.83. The lowest BCUT2D eigenvalue weighted by atomic mass is 9.95. The van der Waals surface area contributed by atoms with Crippen molar-refractivity contribution in [1.82, 2.24) is 15.0 Å². The maximum absolute atomic E-state index is 12.8. The fraction of sp³-hybridized carbons (Fsp3) is 0.357. The third kappa shape index (κ3) is 3.08. The first-order chi connectivity index (χ1) is 9.81. The lowest BCUT2D eigenvalue weighted by Gasteiger charge is -2.18. The maximum atomic E-state index is 12.8. The van der Waals surface area contributed by atoms with Crippen LogP contribution in [0, 0.1) is 11.7 Å². The summed E-state index contributed by atoms with van der Waals surface area (Å²) in [6, 6.07) is 4.14. The average molecular weight is 274 g/mol. The number of nitrogens with zero attached hydrogens (tertiary/aromatic N) is 3. The molecule has 1 N–H and O–H groups in total. The van der Waals surface area contributed by atoms with E-state index >= 15 is 0 Å². The van der Waals surface area contributed by atoms with Crippen LogP contribution < -0.4 is 5.32 Å². The Labute approximate surface area is 116 Å². The van der Waals surface area contributed by atoms with Gasteiger partial charge < -0.3 is 10.1 Å². The zero-order chi connectivity index (χ0) is 13.8. The highest BCUT2D eigenvalue weighted by atomic mass is 19.1. The van der Waals surface area contributed by atoms with Crippen molar-refractivity contribution in [2.75, 3.05) is 18.5 Å². The van der Waals surface area contributed by atoms with Crippen LogP contribution in [0.2, 0.25) is 0 Å². The van der Waals surface area contributed by atoms with Gasteiger partial charge >= 0.3 is 0 Å². The monoisotopic (exact) mass is 274 g/mol.